The number of para-hydroxylation sites is 2. The van der Waals surface area contributed by atoms with Crippen LogP contribution in [0.1, 0.15) is 17.7 Å². The lowest BCUT2D eigenvalue weighted by Gasteiger charge is -2.30. The van der Waals surface area contributed by atoms with Gasteiger partial charge in [0.2, 0.25) is 11.8 Å². The van der Waals surface area contributed by atoms with E-state index in [1.54, 1.807) is 24.3 Å². The number of carbonyl (C=O) groups excluding carboxylic acids is 1. The van der Waals surface area contributed by atoms with Crippen LogP contribution in [0.4, 0.5) is 5.69 Å². The molecule has 1 atom stereocenters. The number of sulfonamides is 1. The van der Waals surface area contributed by atoms with Crippen molar-refractivity contribution in [3.8, 4) is 11.5 Å². The zero-order valence-corrected chi connectivity index (χ0v) is 19.7. The summed E-state index contributed by atoms with van der Waals surface area (Å²) in [5.74, 6) is -0.0517. The molecule has 1 saturated heterocycles. The van der Waals surface area contributed by atoms with Crippen molar-refractivity contribution < 1.29 is 17.6 Å². The molecule has 2 aromatic heterocycles. The molecule has 0 radical (unpaired) electrons. The number of rotatable bonds is 5. The van der Waals surface area contributed by atoms with Crippen molar-refractivity contribution in [3.63, 3.8) is 0 Å². The number of piperidine rings is 1. The van der Waals surface area contributed by atoms with Crippen LogP contribution in [0.5, 0.6) is 0 Å². The van der Waals surface area contributed by atoms with Crippen molar-refractivity contribution >= 4 is 44.1 Å². The molecule has 1 fully saturated rings. The van der Waals surface area contributed by atoms with E-state index in [2.05, 4.69) is 10.3 Å². The monoisotopic (exact) mass is 481 g/mol. The van der Waals surface area contributed by atoms with Gasteiger partial charge in [0.15, 0.2) is 5.58 Å². The smallest absolute Gasteiger partial charge is 0.252 e. The summed E-state index contributed by atoms with van der Waals surface area (Å²) in [7, 11) is -3.57. The molecule has 1 unspecified atom stereocenters. The quantitative estimate of drug-likeness (QED) is 0.437. The SMILES string of the molecule is Cc1ccc(S(=O)(=O)N2CCCC(C(=O)Nc3ccc(-c4nc5ccccc5o4)cc3)C2)s1. The van der Waals surface area contributed by atoms with Gasteiger partial charge in [0.05, 0.1) is 5.92 Å². The first-order valence-corrected chi connectivity index (χ1v) is 13.0. The van der Waals surface area contributed by atoms with Gasteiger partial charge >= 0.3 is 0 Å². The number of benzene rings is 2. The minimum Gasteiger partial charge on any atom is -0.436 e. The molecule has 0 saturated carbocycles. The number of hydrogen-bond donors (Lipinski definition) is 1. The summed E-state index contributed by atoms with van der Waals surface area (Å²) in [6.45, 7) is 2.50. The Balaban J connectivity index is 1.26. The lowest BCUT2D eigenvalue weighted by atomic mass is 9.98. The molecule has 1 aliphatic heterocycles. The molecule has 4 aromatic rings. The number of nitrogens with zero attached hydrogens (tertiary/aromatic N) is 2. The van der Waals surface area contributed by atoms with Crippen molar-refractivity contribution in [2.45, 2.75) is 24.0 Å². The highest BCUT2D eigenvalue weighted by molar-refractivity contribution is 7.91. The minimum absolute atomic E-state index is 0.174. The van der Waals surface area contributed by atoms with E-state index in [-0.39, 0.29) is 12.5 Å². The van der Waals surface area contributed by atoms with Gasteiger partial charge in [-0.25, -0.2) is 13.4 Å². The summed E-state index contributed by atoms with van der Waals surface area (Å²) in [5.41, 5.74) is 2.97. The third-order valence-corrected chi connectivity index (χ3v) is 9.09. The van der Waals surface area contributed by atoms with E-state index >= 15 is 0 Å². The topological polar surface area (TPSA) is 92.5 Å². The molecular weight excluding hydrogens is 458 g/mol. The molecule has 0 bridgehead atoms. The highest BCUT2D eigenvalue weighted by atomic mass is 32.2. The van der Waals surface area contributed by atoms with Gasteiger partial charge in [0.25, 0.3) is 10.0 Å². The normalized spacial score (nSPS) is 17.3. The predicted molar refractivity (Wildman–Crippen MR) is 129 cm³/mol. The number of hydrogen-bond acceptors (Lipinski definition) is 6. The van der Waals surface area contributed by atoms with Crippen LogP contribution in [0.15, 0.2) is 69.3 Å². The first kappa shape index (κ1) is 21.8. The molecule has 0 spiro atoms. The van der Waals surface area contributed by atoms with Crippen LogP contribution >= 0.6 is 11.3 Å². The molecule has 3 heterocycles. The van der Waals surface area contributed by atoms with Crippen LogP contribution in [-0.2, 0) is 14.8 Å². The maximum atomic E-state index is 13.0. The standard InChI is InChI=1S/C24H23N3O4S2/c1-16-8-13-22(32-16)33(29,30)27-14-4-5-18(15-27)23(28)25-19-11-9-17(10-12-19)24-26-20-6-2-3-7-21(20)31-24/h2-3,6-13,18H,4-5,14-15H2,1H3,(H,25,28). The van der Waals surface area contributed by atoms with E-state index in [4.69, 9.17) is 4.42 Å². The number of fused-ring (bicyclic) bond motifs is 1. The highest BCUT2D eigenvalue weighted by Gasteiger charge is 2.34. The molecule has 1 aliphatic rings. The zero-order valence-electron chi connectivity index (χ0n) is 18.0. The molecule has 2 aromatic carbocycles. The van der Waals surface area contributed by atoms with Crippen LogP contribution in [0, 0.1) is 12.8 Å². The van der Waals surface area contributed by atoms with Crippen molar-refractivity contribution in [1.82, 2.24) is 9.29 Å². The largest absolute Gasteiger partial charge is 0.436 e. The molecule has 7 nitrogen and oxygen atoms in total. The number of carbonyl (C=O) groups is 1. The van der Waals surface area contributed by atoms with Gasteiger partial charge in [0, 0.05) is 29.2 Å². The average Bonchev–Trinajstić information content (AvgIpc) is 3.46. The van der Waals surface area contributed by atoms with E-state index in [0.29, 0.717) is 35.2 Å². The number of anilines is 1. The summed E-state index contributed by atoms with van der Waals surface area (Å²) < 4.78 is 33.5. The third-order valence-electron chi connectivity index (χ3n) is 5.76. The maximum Gasteiger partial charge on any atom is 0.252 e. The lowest BCUT2D eigenvalue weighted by Crippen LogP contribution is -2.43. The molecule has 5 rings (SSSR count). The Hall–Kier alpha value is -3.01. The first-order chi connectivity index (χ1) is 15.9. The molecule has 0 aliphatic carbocycles. The van der Waals surface area contributed by atoms with Crippen molar-refractivity contribution in [2.75, 3.05) is 18.4 Å². The fraction of sp³-hybridized carbons (Fsp3) is 0.250. The Bertz CT molecular complexity index is 1370. The van der Waals surface area contributed by atoms with Crippen LogP contribution in [0.25, 0.3) is 22.6 Å². The molecule has 1 N–H and O–H groups in total. The van der Waals surface area contributed by atoms with Crippen molar-refractivity contribution in [1.29, 1.82) is 0 Å². The van der Waals surface area contributed by atoms with Crippen LogP contribution in [0.2, 0.25) is 0 Å². The summed E-state index contributed by atoms with van der Waals surface area (Å²) in [6.07, 6.45) is 1.31. The van der Waals surface area contributed by atoms with Crippen LogP contribution in [-0.4, -0.2) is 36.7 Å². The van der Waals surface area contributed by atoms with Gasteiger partial charge in [-0.2, -0.15) is 4.31 Å². The number of thiophene rings is 1. The van der Waals surface area contributed by atoms with Crippen molar-refractivity contribution in [3.05, 3.63) is 65.5 Å². The summed E-state index contributed by atoms with van der Waals surface area (Å²) in [6, 6.07) is 18.3. The highest BCUT2D eigenvalue weighted by Crippen LogP contribution is 2.29. The Kier molecular flexibility index (Phi) is 5.77. The van der Waals surface area contributed by atoms with E-state index in [1.807, 2.05) is 43.3 Å². The number of aryl methyl sites for hydroxylation is 1. The number of oxazole rings is 1. The second-order valence-corrected chi connectivity index (χ2v) is 11.6. The molecular formula is C24H23N3O4S2. The Morgan fingerprint density at radius 1 is 1.12 bits per heavy atom. The molecule has 33 heavy (non-hydrogen) atoms. The third kappa shape index (κ3) is 4.44. The van der Waals surface area contributed by atoms with Gasteiger partial charge in [0.1, 0.15) is 9.73 Å². The second-order valence-electron chi connectivity index (χ2n) is 8.12. The number of aromatic nitrogens is 1. The summed E-state index contributed by atoms with van der Waals surface area (Å²) in [5, 5.41) is 2.92. The Morgan fingerprint density at radius 3 is 2.64 bits per heavy atom. The Morgan fingerprint density at radius 2 is 1.91 bits per heavy atom. The predicted octanol–water partition coefficient (Wildman–Crippen LogP) is 4.90. The molecule has 9 heteroatoms. The number of nitrogens with one attached hydrogen (secondary N) is 1. The zero-order chi connectivity index (χ0) is 23.0. The number of amides is 1. The van der Waals surface area contributed by atoms with E-state index in [1.165, 1.54) is 15.6 Å². The van der Waals surface area contributed by atoms with Crippen molar-refractivity contribution in [2.24, 2.45) is 5.92 Å². The van der Waals surface area contributed by atoms with E-state index in [0.717, 1.165) is 21.5 Å². The fourth-order valence-electron chi connectivity index (χ4n) is 3.99. The summed E-state index contributed by atoms with van der Waals surface area (Å²) in [4.78, 5) is 18.3. The van der Waals surface area contributed by atoms with E-state index in [9.17, 15) is 13.2 Å². The van der Waals surface area contributed by atoms with Crippen LogP contribution in [0.3, 0.4) is 0 Å². The van der Waals surface area contributed by atoms with Gasteiger partial charge in [-0.05, 0) is 68.3 Å². The minimum atomic E-state index is -3.57. The van der Waals surface area contributed by atoms with Gasteiger partial charge in [-0.1, -0.05) is 12.1 Å². The van der Waals surface area contributed by atoms with Gasteiger partial charge in [-0.15, -0.1) is 11.3 Å². The first-order valence-electron chi connectivity index (χ1n) is 10.7. The maximum absolute atomic E-state index is 13.0. The molecule has 170 valence electrons. The molecule has 1 amide bonds. The lowest BCUT2D eigenvalue weighted by molar-refractivity contribution is -0.120. The van der Waals surface area contributed by atoms with Crippen LogP contribution < -0.4 is 5.32 Å². The van der Waals surface area contributed by atoms with E-state index < -0.39 is 15.9 Å². The second kappa shape index (κ2) is 8.74. The fourth-order valence-corrected chi connectivity index (χ4v) is 6.95. The summed E-state index contributed by atoms with van der Waals surface area (Å²) >= 11 is 1.26. The average molecular weight is 482 g/mol. The van der Waals surface area contributed by atoms with Gasteiger partial charge < -0.3 is 9.73 Å². The Labute approximate surface area is 196 Å². The van der Waals surface area contributed by atoms with Gasteiger partial charge in [-0.3, -0.25) is 4.79 Å².